The Balaban J connectivity index is 1.82. The predicted molar refractivity (Wildman–Crippen MR) is 99.5 cm³/mol. The lowest BCUT2D eigenvalue weighted by Crippen LogP contribution is -2.27. The van der Waals surface area contributed by atoms with Gasteiger partial charge in [0.05, 0.1) is 22.7 Å². The molecule has 0 radical (unpaired) electrons. The summed E-state index contributed by atoms with van der Waals surface area (Å²) in [5, 5.41) is 10.7. The van der Waals surface area contributed by atoms with E-state index in [4.69, 9.17) is 17.0 Å². The van der Waals surface area contributed by atoms with Crippen molar-refractivity contribution in [1.29, 1.82) is 5.41 Å². The summed E-state index contributed by atoms with van der Waals surface area (Å²) in [6, 6.07) is 14.7. The molecule has 0 bridgehead atoms. The maximum absolute atomic E-state index is 13.1. The predicted octanol–water partition coefficient (Wildman–Crippen LogP) is 3.40. The van der Waals surface area contributed by atoms with Gasteiger partial charge in [-0.2, -0.15) is 0 Å². The van der Waals surface area contributed by atoms with Gasteiger partial charge in [0.2, 0.25) is 0 Å². The molecule has 4 rings (SSSR count). The zero-order valence-electron chi connectivity index (χ0n) is 12.9. The molecule has 2 heterocycles. The van der Waals surface area contributed by atoms with Gasteiger partial charge in [0, 0.05) is 10.6 Å². The van der Waals surface area contributed by atoms with Crippen LogP contribution >= 0.6 is 23.4 Å². The van der Waals surface area contributed by atoms with Crippen LogP contribution in [-0.2, 0) is 16.1 Å². The summed E-state index contributed by atoms with van der Waals surface area (Å²) in [4.78, 5) is 27.1. The van der Waals surface area contributed by atoms with Crippen LogP contribution in [0.4, 0.5) is 5.69 Å². The topological polar surface area (TPSA) is 73.3 Å². The number of amides is 2. The molecule has 1 saturated heterocycles. The van der Waals surface area contributed by atoms with Gasteiger partial charge in [-0.1, -0.05) is 48.0 Å². The number of benzene rings is 2. The van der Waals surface area contributed by atoms with Crippen molar-refractivity contribution in [2.75, 3.05) is 4.90 Å². The molecule has 0 spiro atoms. The highest BCUT2D eigenvalue weighted by Gasteiger charge is 2.39. The standard InChI is InChI=1S/C18H12ClN3O2S/c19-12-7-3-1-5-10(12)9-22-13-8-4-2-6-11(13)14(17(22)24)15-16(23)21-18(20)25-15/h1-8H,9H2,(H2,20,21,23)/b15-14-. The van der Waals surface area contributed by atoms with E-state index in [0.29, 0.717) is 22.7 Å². The summed E-state index contributed by atoms with van der Waals surface area (Å²) in [5.74, 6) is -0.666. The number of para-hydroxylation sites is 1. The number of hydrogen-bond acceptors (Lipinski definition) is 4. The number of rotatable bonds is 2. The highest BCUT2D eigenvalue weighted by atomic mass is 35.5. The number of amidine groups is 1. The summed E-state index contributed by atoms with van der Waals surface area (Å²) >= 11 is 7.22. The molecule has 0 atom stereocenters. The second-order valence-electron chi connectivity index (χ2n) is 5.59. The molecule has 124 valence electrons. The van der Waals surface area contributed by atoms with Crippen LogP contribution in [0.3, 0.4) is 0 Å². The maximum atomic E-state index is 13.1. The Hall–Kier alpha value is -2.57. The number of halogens is 1. The minimum absolute atomic E-state index is 0.0299. The van der Waals surface area contributed by atoms with Gasteiger partial charge in [-0.3, -0.25) is 15.0 Å². The first kappa shape index (κ1) is 15.9. The number of fused-ring (bicyclic) bond motifs is 1. The van der Waals surface area contributed by atoms with Gasteiger partial charge in [-0.25, -0.2) is 0 Å². The lowest BCUT2D eigenvalue weighted by Gasteiger charge is -2.18. The fourth-order valence-electron chi connectivity index (χ4n) is 2.95. The minimum Gasteiger partial charge on any atom is -0.303 e. The molecule has 0 saturated carbocycles. The van der Waals surface area contributed by atoms with Crippen LogP contribution in [0.15, 0.2) is 53.4 Å². The summed E-state index contributed by atoms with van der Waals surface area (Å²) in [5.41, 5.74) is 2.61. The first-order valence-electron chi connectivity index (χ1n) is 7.53. The Kier molecular flexibility index (Phi) is 3.86. The van der Waals surface area contributed by atoms with Gasteiger partial charge in [0.15, 0.2) is 5.17 Å². The van der Waals surface area contributed by atoms with Crippen LogP contribution in [0.2, 0.25) is 5.02 Å². The van der Waals surface area contributed by atoms with E-state index in [1.54, 1.807) is 11.0 Å². The van der Waals surface area contributed by atoms with Gasteiger partial charge in [-0.15, -0.1) is 0 Å². The van der Waals surface area contributed by atoms with E-state index in [0.717, 1.165) is 23.0 Å². The fraction of sp³-hybridized carbons (Fsp3) is 0.0556. The third-order valence-electron chi connectivity index (χ3n) is 4.07. The van der Waals surface area contributed by atoms with E-state index < -0.39 is 5.91 Å². The average molecular weight is 370 g/mol. The summed E-state index contributed by atoms with van der Waals surface area (Å²) in [6.45, 7) is 0.316. The number of carbonyl (C=O) groups excluding carboxylic acids is 2. The smallest absolute Gasteiger partial charge is 0.264 e. The third-order valence-corrected chi connectivity index (χ3v) is 5.34. The van der Waals surface area contributed by atoms with E-state index in [-0.39, 0.29) is 16.0 Å². The van der Waals surface area contributed by atoms with Crippen LogP contribution in [0.5, 0.6) is 0 Å². The lowest BCUT2D eigenvalue weighted by molar-refractivity contribution is -0.116. The van der Waals surface area contributed by atoms with Crippen molar-refractivity contribution in [2.24, 2.45) is 0 Å². The van der Waals surface area contributed by atoms with Crippen molar-refractivity contribution in [3.8, 4) is 0 Å². The van der Waals surface area contributed by atoms with Crippen LogP contribution in [0.25, 0.3) is 5.57 Å². The highest BCUT2D eigenvalue weighted by Crippen LogP contribution is 2.43. The van der Waals surface area contributed by atoms with Crippen molar-refractivity contribution in [3.05, 3.63) is 69.6 Å². The summed E-state index contributed by atoms with van der Waals surface area (Å²) < 4.78 is 0. The number of thioether (sulfide) groups is 1. The van der Waals surface area contributed by atoms with Crippen molar-refractivity contribution in [2.45, 2.75) is 6.54 Å². The molecule has 0 aromatic heterocycles. The molecule has 2 N–H and O–H groups in total. The second-order valence-corrected chi connectivity index (χ2v) is 7.02. The van der Waals surface area contributed by atoms with Gasteiger partial charge in [-0.05, 0) is 29.5 Å². The zero-order chi connectivity index (χ0) is 17.6. The van der Waals surface area contributed by atoms with Crippen molar-refractivity contribution >= 4 is 51.6 Å². The molecule has 2 aromatic rings. The van der Waals surface area contributed by atoms with E-state index in [1.165, 1.54) is 0 Å². The van der Waals surface area contributed by atoms with Crippen LogP contribution in [0, 0.1) is 5.41 Å². The van der Waals surface area contributed by atoms with Crippen LogP contribution < -0.4 is 10.2 Å². The largest absolute Gasteiger partial charge is 0.303 e. The molecule has 1 fully saturated rings. The molecule has 25 heavy (non-hydrogen) atoms. The molecule has 0 aliphatic carbocycles. The number of nitrogens with one attached hydrogen (secondary N) is 2. The monoisotopic (exact) mass is 369 g/mol. The summed E-state index contributed by atoms with van der Waals surface area (Å²) in [6.07, 6.45) is 0. The summed E-state index contributed by atoms with van der Waals surface area (Å²) in [7, 11) is 0. The first-order valence-corrected chi connectivity index (χ1v) is 8.72. The molecule has 0 unspecified atom stereocenters. The molecule has 2 amide bonds. The molecule has 5 nitrogen and oxygen atoms in total. The van der Waals surface area contributed by atoms with Gasteiger partial charge < -0.3 is 10.2 Å². The van der Waals surface area contributed by atoms with E-state index in [9.17, 15) is 9.59 Å². The Labute approximate surface area is 153 Å². The van der Waals surface area contributed by atoms with E-state index in [2.05, 4.69) is 5.32 Å². The zero-order valence-corrected chi connectivity index (χ0v) is 14.4. The number of carbonyl (C=O) groups is 2. The van der Waals surface area contributed by atoms with Crippen molar-refractivity contribution in [1.82, 2.24) is 5.32 Å². The Morgan fingerprint density at radius 2 is 1.80 bits per heavy atom. The second kappa shape index (κ2) is 6.06. The van der Waals surface area contributed by atoms with Crippen molar-refractivity contribution < 1.29 is 9.59 Å². The van der Waals surface area contributed by atoms with E-state index in [1.807, 2.05) is 42.5 Å². The SMILES string of the molecule is N=C1NC(=O)/C(=C2/C(=O)N(Cc3ccccc3Cl)c3ccccc32)S1. The number of nitrogens with zero attached hydrogens (tertiary/aromatic N) is 1. The average Bonchev–Trinajstić information content (AvgIpc) is 3.06. The number of hydrogen-bond donors (Lipinski definition) is 2. The minimum atomic E-state index is -0.409. The third kappa shape index (κ3) is 2.63. The molecule has 2 aromatic carbocycles. The first-order chi connectivity index (χ1) is 12.1. The Morgan fingerprint density at radius 3 is 2.52 bits per heavy atom. The Bertz CT molecular complexity index is 970. The molecule has 2 aliphatic heterocycles. The maximum Gasteiger partial charge on any atom is 0.264 e. The number of anilines is 1. The quantitative estimate of drug-likeness (QED) is 0.797. The fourth-order valence-corrected chi connectivity index (χ4v) is 3.94. The van der Waals surface area contributed by atoms with Crippen LogP contribution in [0.1, 0.15) is 11.1 Å². The van der Waals surface area contributed by atoms with Gasteiger partial charge >= 0.3 is 0 Å². The molecule has 7 heteroatoms. The van der Waals surface area contributed by atoms with Gasteiger partial charge in [0.1, 0.15) is 0 Å². The molecular weight excluding hydrogens is 358 g/mol. The van der Waals surface area contributed by atoms with Gasteiger partial charge in [0.25, 0.3) is 11.8 Å². The lowest BCUT2D eigenvalue weighted by atomic mass is 10.1. The van der Waals surface area contributed by atoms with Crippen molar-refractivity contribution in [3.63, 3.8) is 0 Å². The molecular formula is C18H12ClN3O2S. The molecule has 2 aliphatic rings. The van der Waals surface area contributed by atoms with E-state index >= 15 is 0 Å². The highest BCUT2D eigenvalue weighted by molar-refractivity contribution is 8.18. The normalized spacial score (nSPS) is 19.4. The van der Waals surface area contributed by atoms with Crippen LogP contribution in [-0.4, -0.2) is 17.0 Å². The Morgan fingerprint density at radius 1 is 1.08 bits per heavy atom.